The first-order valence-electron chi connectivity index (χ1n) is 13.6. The molecule has 1 saturated heterocycles. The molecule has 40 heavy (non-hydrogen) atoms. The predicted octanol–water partition coefficient (Wildman–Crippen LogP) is 3.94. The van der Waals surface area contributed by atoms with E-state index in [1.54, 1.807) is 36.3 Å². The second-order valence-corrected chi connectivity index (χ2v) is 11.8. The van der Waals surface area contributed by atoms with Crippen molar-refractivity contribution >= 4 is 21.8 Å². The third kappa shape index (κ3) is 7.56. The molecule has 0 aliphatic carbocycles. The average Bonchev–Trinajstić information content (AvgIpc) is 3.53. The van der Waals surface area contributed by atoms with Gasteiger partial charge >= 0.3 is 0 Å². The van der Waals surface area contributed by atoms with Crippen molar-refractivity contribution in [3.63, 3.8) is 0 Å². The monoisotopic (exact) mass is 563 g/mol. The van der Waals surface area contributed by atoms with Crippen LogP contribution < -0.4 is 5.32 Å². The number of amides is 2. The van der Waals surface area contributed by atoms with Gasteiger partial charge in [0.15, 0.2) is 0 Å². The van der Waals surface area contributed by atoms with Gasteiger partial charge in [-0.15, -0.1) is 0 Å². The van der Waals surface area contributed by atoms with Gasteiger partial charge in [-0.1, -0.05) is 72.8 Å². The van der Waals surface area contributed by atoms with E-state index in [4.69, 9.17) is 4.74 Å². The normalized spacial score (nSPS) is 14.5. The summed E-state index contributed by atoms with van der Waals surface area (Å²) in [5, 5.41) is 2.90. The number of carbonyl (C=O) groups is 2. The summed E-state index contributed by atoms with van der Waals surface area (Å²) in [6.45, 7) is 2.07. The molecule has 1 atom stereocenters. The average molecular weight is 564 g/mol. The van der Waals surface area contributed by atoms with E-state index in [1.807, 2.05) is 60.7 Å². The third-order valence-corrected chi connectivity index (χ3v) is 8.96. The predicted molar refractivity (Wildman–Crippen MR) is 154 cm³/mol. The number of nitrogens with one attached hydrogen (secondary N) is 1. The van der Waals surface area contributed by atoms with E-state index in [0.717, 1.165) is 29.5 Å². The zero-order valence-corrected chi connectivity index (χ0v) is 23.7. The van der Waals surface area contributed by atoms with Gasteiger partial charge in [-0.05, 0) is 48.1 Å². The van der Waals surface area contributed by atoms with Crippen LogP contribution in [0.5, 0.6) is 0 Å². The second kappa shape index (κ2) is 14.2. The molecule has 212 valence electrons. The van der Waals surface area contributed by atoms with Crippen LogP contribution in [0, 0.1) is 0 Å². The van der Waals surface area contributed by atoms with Crippen LogP contribution in [-0.4, -0.2) is 62.8 Å². The number of rotatable bonds is 13. The SMILES string of the molecule is COCCNC(=O)[C@@H](c1ccccc1)N(Cc1ccccc1)C(=O)CCc1ccc(S(=O)(=O)N2CCCC2)cc1. The number of hydrogen-bond donors (Lipinski definition) is 1. The highest BCUT2D eigenvalue weighted by Crippen LogP contribution is 2.26. The maximum Gasteiger partial charge on any atom is 0.247 e. The highest BCUT2D eigenvalue weighted by atomic mass is 32.2. The Balaban J connectivity index is 1.54. The molecule has 0 radical (unpaired) electrons. The van der Waals surface area contributed by atoms with Crippen molar-refractivity contribution in [1.82, 2.24) is 14.5 Å². The molecule has 0 bridgehead atoms. The van der Waals surface area contributed by atoms with Crippen LogP contribution in [0.15, 0.2) is 89.8 Å². The highest BCUT2D eigenvalue weighted by Gasteiger charge is 2.31. The first-order valence-corrected chi connectivity index (χ1v) is 15.1. The first-order chi connectivity index (χ1) is 19.4. The summed E-state index contributed by atoms with van der Waals surface area (Å²) in [6.07, 6.45) is 2.35. The number of carbonyl (C=O) groups excluding carboxylic acids is 2. The summed E-state index contributed by atoms with van der Waals surface area (Å²) < 4.78 is 32.3. The molecule has 1 N–H and O–H groups in total. The van der Waals surface area contributed by atoms with Crippen molar-refractivity contribution in [1.29, 1.82) is 0 Å². The minimum atomic E-state index is -3.49. The minimum absolute atomic E-state index is 0.166. The van der Waals surface area contributed by atoms with Gasteiger partial charge in [-0.2, -0.15) is 4.31 Å². The van der Waals surface area contributed by atoms with Gasteiger partial charge in [0.25, 0.3) is 0 Å². The van der Waals surface area contributed by atoms with E-state index < -0.39 is 16.1 Å². The smallest absolute Gasteiger partial charge is 0.247 e. The fraction of sp³-hybridized carbons (Fsp3) is 0.355. The van der Waals surface area contributed by atoms with Crippen molar-refractivity contribution in [3.8, 4) is 0 Å². The van der Waals surface area contributed by atoms with E-state index in [9.17, 15) is 18.0 Å². The Hall–Kier alpha value is -3.53. The van der Waals surface area contributed by atoms with Crippen LogP contribution in [0.1, 0.15) is 42.0 Å². The van der Waals surface area contributed by atoms with E-state index in [2.05, 4.69) is 5.32 Å². The molecular formula is C31H37N3O5S. The van der Waals surface area contributed by atoms with Crippen molar-refractivity contribution < 1.29 is 22.7 Å². The fourth-order valence-corrected chi connectivity index (χ4v) is 6.40. The molecule has 0 saturated carbocycles. The van der Waals surface area contributed by atoms with Crippen LogP contribution in [0.3, 0.4) is 0 Å². The maximum atomic E-state index is 13.8. The highest BCUT2D eigenvalue weighted by molar-refractivity contribution is 7.89. The molecular weight excluding hydrogens is 526 g/mol. The fourth-order valence-electron chi connectivity index (χ4n) is 4.89. The zero-order valence-electron chi connectivity index (χ0n) is 22.9. The number of sulfonamides is 1. The molecule has 2 amide bonds. The quantitative estimate of drug-likeness (QED) is 0.318. The van der Waals surface area contributed by atoms with Crippen LogP contribution in [0.2, 0.25) is 0 Å². The van der Waals surface area contributed by atoms with E-state index in [1.165, 1.54) is 4.31 Å². The number of nitrogens with zero attached hydrogens (tertiary/aromatic N) is 2. The molecule has 4 rings (SSSR count). The van der Waals surface area contributed by atoms with Crippen LogP contribution >= 0.6 is 0 Å². The van der Waals surface area contributed by atoms with Crippen molar-refractivity contribution in [2.75, 3.05) is 33.4 Å². The minimum Gasteiger partial charge on any atom is -0.383 e. The van der Waals surface area contributed by atoms with Gasteiger partial charge in [-0.3, -0.25) is 9.59 Å². The Morgan fingerprint density at radius 3 is 2.15 bits per heavy atom. The van der Waals surface area contributed by atoms with Crippen molar-refractivity contribution in [2.45, 2.75) is 43.2 Å². The number of hydrogen-bond acceptors (Lipinski definition) is 5. The topological polar surface area (TPSA) is 96.0 Å². The number of ether oxygens (including phenoxy) is 1. The molecule has 0 aromatic heterocycles. The second-order valence-electron chi connectivity index (χ2n) is 9.86. The molecule has 8 nitrogen and oxygen atoms in total. The van der Waals surface area contributed by atoms with Crippen molar-refractivity contribution in [2.24, 2.45) is 0 Å². The Morgan fingerprint density at radius 2 is 1.52 bits per heavy atom. The van der Waals surface area contributed by atoms with Crippen LogP contribution in [0.25, 0.3) is 0 Å². The van der Waals surface area contributed by atoms with Crippen molar-refractivity contribution in [3.05, 3.63) is 102 Å². The Labute approximate surface area is 237 Å². The number of methoxy groups -OCH3 is 1. The lowest BCUT2D eigenvalue weighted by Gasteiger charge is -2.32. The lowest BCUT2D eigenvalue weighted by molar-refractivity contribution is -0.141. The summed E-state index contributed by atoms with van der Waals surface area (Å²) in [5.41, 5.74) is 2.49. The molecule has 0 unspecified atom stereocenters. The van der Waals surface area contributed by atoms with Gasteiger partial charge in [-0.25, -0.2) is 8.42 Å². The summed E-state index contributed by atoms with van der Waals surface area (Å²) in [4.78, 5) is 29.1. The largest absolute Gasteiger partial charge is 0.383 e. The molecule has 0 spiro atoms. The number of benzene rings is 3. The molecule has 1 aliphatic heterocycles. The van der Waals surface area contributed by atoms with Gasteiger partial charge in [0.05, 0.1) is 11.5 Å². The lowest BCUT2D eigenvalue weighted by Crippen LogP contribution is -2.44. The maximum absolute atomic E-state index is 13.8. The molecule has 1 fully saturated rings. The summed E-state index contributed by atoms with van der Waals surface area (Å²) >= 11 is 0. The molecule has 3 aromatic carbocycles. The molecule has 3 aromatic rings. The molecule has 1 aliphatic rings. The summed E-state index contributed by atoms with van der Waals surface area (Å²) in [5.74, 6) is -0.447. The summed E-state index contributed by atoms with van der Waals surface area (Å²) in [7, 11) is -1.92. The van der Waals surface area contributed by atoms with Gasteiger partial charge in [0.2, 0.25) is 21.8 Å². The van der Waals surface area contributed by atoms with Crippen LogP contribution in [0.4, 0.5) is 0 Å². The Kier molecular flexibility index (Phi) is 10.5. The first kappa shape index (κ1) is 29.5. The molecule has 1 heterocycles. The van der Waals surface area contributed by atoms with Gasteiger partial charge < -0.3 is 15.0 Å². The van der Waals surface area contributed by atoms with E-state index >= 15 is 0 Å². The zero-order chi connectivity index (χ0) is 28.4. The number of aryl methyl sites for hydroxylation is 1. The van der Waals surface area contributed by atoms with Crippen LogP contribution in [-0.2, 0) is 37.3 Å². The van der Waals surface area contributed by atoms with E-state index in [0.29, 0.717) is 32.7 Å². The third-order valence-electron chi connectivity index (χ3n) is 7.05. The lowest BCUT2D eigenvalue weighted by atomic mass is 10.0. The van der Waals surface area contributed by atoms with Gasteiger partial charge in [0, 0.05) is 39.7 Å². The Morgan fingerprint density at radius 1 is 0.900 bits per heavy atom. The van der Waals surface area contributed by atoms with Gasteiger partial charge in [0.1, 0.15) is 6.04 Å². The molecule has 9 heteroatoms. The summed E-state index contributed by atoms with van der Waals surface area (Å²) in [6, 6.07) is 24.8. The standard InChI is InChI=1S/C31H37N3O5S/c1-39-23-20-32-31(36)30(27-12-6-3-7-13-27)34(24-26-10-4-2-5-11-26)29(35)19-16-25-14-17-28(18-15-25)40(37,38)33-21-8-9-22-33/h2-7,10-15,17-18,30H,8-9,16,19-24H2,1H3,(H,32,36)/t30-/m1/s1. The van der Waals surface area contributed by atoms with E-state index in [-0.39, 0.29) is 29.7 Å². The Bertz CT molecular complexity index is 1340.